The van der Waals surface area contributed by atoms with Gasteiger partial charge in [0.05, 0.1) is 36.1 Å². The van der Waals surface area contributed by atoms with Gasteiger partial charge in [0.15, 0.2) is 0 Å². The largest absolute Gasteiger partial charge is 0.497 e. The third kappa shape index (κ3) is 4.17. The second kappa shape index (κ2) is 9.70. The van der Waals surface area contributed by atoms with Gasteiger partial charge < -0.3 is 14.8 Å². The molecule has 2 aromatic carbocycles. The number of nitrogens with zero attached hydrogens (tertiary/aromatic N) is 2. The van der Waals surface area contributed by atoms with Crippen molar-refractivity contribution in [3.63, 3.8) is 0 Å². The molecular weight excluding hydrogens is 474 g/mol. The van der Waals surface area contributed by atoms with Gasteiger partial charge in [-0.2, -0.15) is 0 Å². The lowest BCUT2D eigenvalue weighted by atomic mass is 10.1. The zero-order valence-corrected chi connectivity index (χ0v) is 20.1. The van der Waals surface area contributed by atoms with E-state index in [0.29, 0.717) is 32.8 Å². The van der Waals surface area contributed by atoms with Gasteiger partial charge in [0.2, 0.25) is 5.91 Å². The molecule has 2 aliphatic heterocycles. The van der Waals surface area contributed by atoms with Crippen molar-refractivity contribution in [3.8, 4) is 11.5 Å². The summed E-state index contributed by atoms with van der Waals surface area (Å²) in [5.74, 6) is -0.198. The molecular formula is C24H21N3O5S2. The average Bonchev–Trinajstić information content (AvgIpc) is 3.27. The molecule has 0 bridgehead atoms. The van der Waals surface area contributed by atoms with Crippen LogP contribution in [0.3, 0.4) is 0 Å². The molecule has 2 heterocycles. The number of fused-ring (bicyclic) bond motifs is 1. The Balaban J connectivity index is 1.63. The van der Waals surface area contributed by atoms with Crippen molar-refractivity contribution < 1.29 is 23.9 Å². The molecule has 0 aliphatic carbocycles. The predicted octanol–water partition coefficient (Wildman–Crippen LogP) is 3.45. The summed E-state index contributed by atoms with van der Waals surface area (Å²) >= 11 is 6.40. The van der Waals surface area contributed by atoms with Crippen LogP contribution in [0.1, 0.15) is 5.56 Å². The second-order valence-corrected chi connectivity index (χ2v) is 8.94. The molecule has 0 spiro atoms. The number of nitrogens with one attached hydrogen (secondary N) is 1. The normalized spacial score (nSPS) is 17.2. The van der Waals surface area contributed by atoms with Gasteiger partial charge >= 0.3 is 0 Å². The van der Waals surface area contributed by atoms with Gasteiger partial charge in [-0.3, -0.25) is 24.2 Å². The van der Waals surface area contributed by atoms with Gasteiger partial charge in [0, 0.05) is 18.2 Å². The minimum atomic E-state index is -0.433. The number of carbonyl (C=O) groups excluding carboxylic acids is 3. The Hall–Kier alpha value is -3.63. The highest BCUT2D eigenvalue weighted by molar-refractivity contribution is 8.26. The first kappa shape index (κ1) is 23.5. The van der Waals surface area contributed by atoms with Crippen LogP contribution in [-0.4, -0.2) is 54.3 Å². The van der Waals surface area contributed by atoms with E-state index in [4.69, 9.17) is 21.7 Å². The molecule has 2 aliphatic rings. The standard InChI is InChI=1S/C24H21N3O5S2/c1-4-11-26-23(30)21(34-24(26)33)20-15-7-5-6-8-17(15)27(22(20)29)13-19(28)25-16-10-9-14(31-2)12-18(16)32-3/h4-10,12H,1,11,13H2,2-3H3,(H,25,28)/b21-20+. The number of hydrogen-bond acceptors (Lipinski definition) is 7. The van der Waals surface area contributed by atoms with Crippen LogP contribution in [0.15, 0.2) is 60.0 Å². The number of benzene rings is 2. The molecule has 0 radical (unpaired) electrons. The highest BCUT2D eigenvalue weighted by Gasteiger charge is 2.42. The fraction of sp³-hybridized carbons (Fsp3) is 0.167. The fourth-order valence-corrected chi connectivity index (χ4v) is 5.07. The van der Waals surface area contributed by atoms with E-state index in [1.165, 1.54) is 24.0 Å². The number of ether oxygens (including phenoxy) is 2. The van der Waals surface area contributed by atoms with Crippen LogP contribution >= 0.6 is 24.0 Å². The first-order valence-corrected chi connectivity index (χ1v) is 11.4. The van der Waals surface area contributed by atoms with Crippen molar-refractivity contribution in [2.75, 3.05) is 37.5 Å². The summed E-state index contributed by atoms with van der Waals surface area (Å²) in [5.41, 5.74) is 1.82. The van der Waals surface area contributed by atoms with E-state index in [9.17, 15) is 14.4 Å². The zero-order chi connectivity index (χ0) is 24.4. The van der Waals surface area contributed by atoms with Crippen molar-refractivity contribution in [3.05, 3.63) is 65.6 Å². The highest BCUT2D eigenvalue weighted by atomic mass is 32.2. The Morgan fingerprint density at radius 3 is 2.59 bits per heavy atom. The van der Waals surface area contributed by atoms with Crippen LogP contribution in [0.2, 0.25) is 0 Å². The minimum Gasteiger partial charge on any atom is -0.497 e. The molecule has 3 amide bonds. The Morgan fingerprint density at radius 2 is 1.88 bits per heavy atom. The van der Waals surface area contributed by atoms with E-state index in [1.807, 2.05) is 0 Å². The lowest BCUT2D eigenvalue weighted by Crippen LogP contribution is -2.35. The van der Waals surface area contributed by atoms with Crippen LogP contribution < -0.4 is 19.7 Å². The van der Waals surface area contributed by atoms with E-state index < -0.39 is 11.8 Å². The van der Waals surface area contributed by atoms with Gasteiger partial charge in [-0.25, -0.2) is 0 Å². The Kier molecular flexibility index (Phi) is 6.71. The van der Waals surface area contributed by atoms with Crippen LogP contribution in [0.5, 0.6) is 11.5 Å². The quantitative estimate of drug-likeness (QED) is 0.358. The van der Waals surface area contributed by atoms with Crippen LogP contribution in [0, 0.1) is 0 Å². The number of rotatable bonds is 7. The molecule has 1 saturated heterocycles. The zero-order valence-electron chi connectivity index (χ0n) is 18.5. The second-order valence-electron chi connectivity index (χ2n) is 7.30. The van der Waals surface area contributed by atoms with Crippen LogP contribution in [0.25, 0.3) is 5.57 Å². The van der Waals surface area contributed by atoms with Gasteiger partial charge in [-0.05, 0) is 18.2 Å². The number of carbonyl (C=O) groups is 3. The maximum absolute atomic E-state index is 13.5. The van der Waals surface area contributed by atoms with Gasteiger partial charge in [-0.1, -0.05) is 48.3 Å². The molecule has 0 unspecified atom stereocenters. The predicted molar refractivity (Wildman–Crippen MR) is 136 cm³/mol. The Labute approximate surface area is 206 Å². The van der Waals surface area contributed by atoms with E-state index in [2.05, 4.69) is 11.9 Å². The Bertz CT molecular complexity index is 1260. The maximum Gasteiger partial charge on any atom is 0.267 e. The van der Waals surface area contributed by atoms with Crippen LogP contribution in [-0.2, 0) is 14.4 Å². The lowest BCUT2D eigenvalue weighted by molar-refractivity contribution is -0.122. The van der Waals surface area contributed by atoms with E-state index >= 15 is 0 Å². The summed E-state index contributed by atoms with van der Waals surface area (Å²) < 4.78 is 10.9. The summed E-state index contributed by atoms with van der Waals surface area (Å²) in [6.45, 7) is 3.66. The van der Waals surface area contributed by atoms with E-state index in [0.717, 1.165) is 11.8 Å². The number of anilines is 2. The SMILES string of the molecule is C=CCN1C(=O)/C(=C2\C(=O)N(CC(=O)Nc3ccc(OC)cc3OC)c3ccccc32)SC1=S. The molecule has 174 valence electrons. The van der Waals surface area contributed by atoms with E-state index in [1.54, 1.807) is 48.5 Å². The van der Waals surface area contributed by atoms with Crippen molar-refractivity contribution >= 4 is 63.0 Å². The van der Waals surface area contributed by atoms with Gasteiger partial charge in [-0.15, -0.1) is 6.58 Å². The number of thioether (sulfide) groups is 1. The van der Waals surface area contributed by atoms with Gasteiger partial charge in [0.1, 0.15) is 22.4 Å². The first-order valence-electron chi connectivity index (χ1n) is 10.2. The minimum absolute atomic E-state index is 0.245. The van der Waals surface area contributed by atoms with E-state index in [-0.39, 0.29) is 29.5 Å². The molecule has 0 saturated carbocycles. The molecule has 0 aromatic heterocycles. The van der Waals surface area contributed by atoms with Crippen molar-refractivity contribution in [1.29, 1.82) is 0 Å². The molecule has 1 N–H and O–H groups in total. The molecule has 8 nitrogen and oxygen atoms in total. The third-order valence-corrected chi connectivity index (χ3v) is 6.74. The molecule has 10 heteroatoms. The average molecular weight is 496 g/mol. The first-order chi connectivity index (χ1) is 16.4. The topological polar surface area (TPSA) is 88.2 Å². The number of thiocarbonyl (C=S) groups is 1. The summed E-state index contributed by atoms with van der Waals surface area (Å²) in [6.07, 6.45) is 1.58. The fourth-order valence-electron chi connectivity index (χ4n) is 3.73. The third-order valence-electron chi connectivity index (χ3n) is 5.30. The van der Waals surface area contributed by atoms with Gasteiger partial charge in [0.25, 0.3) is 11.8 Å². The summed E-state index contributed by atoms with van der Waals surface area (Å²) in [6, 6.07) is 12.1. The molecule has 0 atom stereocenters. The van der Waals surface area contributed by atoms with Crippen molar-refractivity contribution in [2.45, 2.75) is 0 Å². The molecule has 34 heavy (non-hydrogen) atoms. The molecule has 4 rings (SSSR count). The van der Waals surface area contributed by atoms with Crippen LogP contribution in [0.4, 0.5) is 11.4 Å². The Morgan fingerprint density at radius 1 is 1.12 bits per heavy atom. The number of methoxy groups -OCH3 is 2. The smallest absolute Gasteiger partial charge is 0.267 e. The molecule has 2 aromatic rings. The summed E-state index contributed by atoms with van der Waals surface area (Å²) in [4.78, 5) is 42.4. The molecule has 1 fully saturated rings. The maximum atomic E-state index is 13.5. The number of para-hydroxylation sites is 1. The lowest BCUT2D eigenvalue weighted by Gasteiger charge is -2.18. The number of amides is 3. The summed E-state index contributed by atoms with van der Waals surface area (Å²) in [5, 5.41) is 2.77. The summed E-state index contributed by atoms with van der Waals surface area (Å²) in [7, 11) is 3.02. The highest BCUT2D eigenvalue weighted by Crippen LogP contribution is 2.44. The van der Waals surface area contributed by atoms with Crippen molar-refractivity contribution in [2.24, 2.45) is 0 Å². The van der Waals surface area contributed by atoms with Crippen molar-refractivity contribution in [1.82, 2.24) is 4.90 Å². The number of hydrogen-bond donors (Lipinski definition) is 1. The monoisotopic (exact) mass is 495 g/mol.